The Bertz CT molecular complexity index is 510. The molecule has 1 N–H and O–H groups in total. The number of ketones is 1. The molecule has 0 aromatic carbocycles. The van der Waals surface area contributed by atoms with E-state index in [0.29, 0.717) is 6.54 Å². The highest BCUT2D eigenvalue weighted by molar-refractivity contribution is 9.12. The number of hydrogen-bond donors (Lipinski definition) is 1. The zero-order valence-corrected chi connectivity index (χ0v) is 15.1. The molecule has 2 rings (SSSR count). The molecule has 0 unspecified atom stereocenters. The summed E-state index contributed by atoms with van der Waals surface area (Å²) < 4.78 is 1.82. The van der Waals surface area contributed by atoms with Crippen LogP contribution in [0.25, 0.3) is 0 Å². The fraction of sp³-hybridized carbons (Fsp3) is 0.538. The predicted molar refractivity (Wildman–Crippen MR) is 87.3 cm³/mol. The van der Waals surface area contributed by atoms with Crippen LogP contribution in [0.3, 0.4) is 0 Å². The summed E-state index contributed by atoms with van der Waals surface area (Å²) in [6.45, 7) is 2.02. The Morgan fingerprint density at radius 3 is 2.55 bits per heavy atom. The number of likely N-dealkylation sites (tertiary alicyclic amines) is 1. The Kier molecular flexibility index (Phi) is 5.77. The first-order chi connectivity index (χ1) is 9.51. The third kappa shape index (κ3) is 3.90. The van der Waals surface area contributed by atoms with Crippen molar-refractivity contribution < 1.29 is 9.59 Å². The van der Waals surface area contributed by atoms with Gasteiger partial charge in [0, 0.05) is 18.5 Å². The van der Waals surface area contributed by atoms with Gasteiger partial charge in [-0.3, -0.25) is 14.5 Å². The molecule has 1 aromatic heterocycles. The molecule has 1 aromatic rings. The van der Waals surface area contributed by atoms with Gasteiger partial charge in [-0.2, -0.15) is 0 Å². The number of hydrogen-bond acceptors (Lipinski definition) is 4. The van der Waals surface area contributed by atoms with Crippen LogP contribution in [-0.4, -0.2) is 43.3 Å². The average Bonchev–Trinajstić information content (AvgIpc) is 2.78. The van der Waals surface area contributed by atoms with Crippen LogP contribution in [0.2, 0.25) is 0 Å². The highest BCUT2D eigenvalue weighted by Crippen LogP contribution is 2.32. The van der Waals surface area contributed by atoms with Crippen molar-refractivity contribution in [3.05, 3.63) is 19.2 Å². The minimum atomic E-state index is 0.0911. The third-order valence-corrected chi connectivity index (χ3v) is 5.87. The number of piperidine rings is 1. The van der Waals surface area contributed by atoms with E-state index in [9.17, 15) is 9.59 Å². The fourth-order valence-corrected chi connectivity index (χ4v) is 5.23. The van der Waals surface area contributed by atoms with Crippen LogP contribution >= 0.6 is 43.2 Å². The molecule has 1 fully saturated rings. The van der Waals surface area contributed by atoms with Gasteiger partial charge in [0.05, 0.1) is 14.1 Å². The van der Waals surface area contributed by atoms with Gasteiger partial charge in [0.2, 0.25) is 5.91 Å². The topological polar surface area (TPSA) is 49.4 Å². The maximum Gasteiger partial charge on any atom is 0.222 e. The number of nitrogens with one attached hydrogen (secondary N) is 1. The summed E-state index contributed by atoms with van der Waals surface area (Å²) in [7, 11) is 1.67. The van der Waals surface area contributed by atoms with Gasteiger partial charge in [-0.1, -0.05) is 0 Å². The molecule has 110 valence electrons. The van der Waals surface area contributed by atoms with Crippen LogP contribution in [0.5, 0.6) is 0 Å². The first-order valence-electron chi connectivity index (χ1n) is 6.43. The number of carbonyl (C=O) groups excluding carboxylic acids is 2. The zero-order chi connectivity index (χ0) is 14.7. The molecule has 0 atom stereocenters. The molecule has 0 radical (unpaired) electrons. The van der Waals surface area contributed by atoms with Gasteiger partial charge >= 0.3 is 0 Å². The van der Waals surface area contributed by atoms with E-state index in [-0.39, 0.29) is 17.6 Å². The summed E-state index contributed by atoms with van der Waals surface area (Å²) in [6, 6.07) is 1.86. The molecule has 1 amide bonds. The summed E-state index contributed by atoms with van der Waals surface area (Å²) in [4.78, 5) is 25.9. The molecular weight excluding hydrogens is 408 g/mol. The lowest BCUT2D eigenvalue weighted by Crippen LogP contribution is -2.41. The number of thiophene rings is 1. The first-order valence-corrected chi connectivity index (χ1v) is 8.83. The zero-order valence-electron chi connectivity index (χ0n) is 11.1. The van der Waals surface area contributed by atoms with Gasteiger partial charge in [-0.25, -0.2) is 0 Å². The van der Waals surface area contributed by atoms with E-state index < -0.39 is 0 Å². The average molecular weight is 424 g/mol. The lowest BCUT2D eigenvalue weighted by Gasteiger charge is -2.30. The highest BCUT2D eigenvalue weighted by atomic mass is 79.9. The number of carbonyl (C=O) groups is 2. The van der Waals surface area contributed by atoms with Crippen LogP contribution < -0.4 is 5.32 Å². The minimum Gasteiger partial charge on any atom is -0.359 e. The molecule has 0 saturated carbocycles. The normalized spacial score (nSPS) is 17.1. The predicted octanol–water partition coefficient (Wildman–Crippen LogP) is 2.91. The highest BCUT2D eigenvalue weighted by Gasteiger charge is 2.26. The van der Waals surface area contributed by atoms with Gasteiger partial charge in [-0.15, -0.1) is 11.3 Å². The maximum absolute atomic E-state index is 12.3. The summed E-state index contributed by atoms with van der Waals surface area (Å²) >= 11 is 8.31. The van der Waals surface area contributed by atoms with E-state index >= 15 is 0 Å². The number of nitrogens with zero attached hydrogens (tertiary/aromatic N) is 1. The molecule has 4 nitrogen and oxygen atoms in total. The molecular formula is C13H16Br2N2O2S. The lowest BCUT2D eigenvalue weighted by atomic mass is 9.96. The molecule has 1 aliphatic rings. The molecule has 0 spiro atoms. The van der Waals surface area contributed by atoms with Gasteiger partial charge in [0.1, 0.15) is 0 Å². The van der Waals surface area contributed by atoms with Crippen molar-refractivity contribution in [1.82, 2.24) is 10.2 Å². The molecule has 2 heterocycles. The first kappa shape index (κ1) is 16.1. The van der Waals surface area contributed by atoms with E-state index in [1.807, 2.05) is 6.07 Å². The van der Waals surface area contributed by atoms with Crippen molar-refractivity contribution in [2.45, 2.75) is 12.8 Å². The largest absolute Gasteiger partial charge is 0.359 e. The molecule has 7 heteroatoms. The van der Waals surface area contributed by atoms with Crippen molar-refractivity contribution in [3.63, 3.8) is 0 Å². The molecule has 1 saturated heterocycles. The molecule has 20 heavy (non-hydrogen) atoms. The Morgan fingerprint density at radius 1 is 1.40 bits per heavy atom. The SMILES string of the molecule is CNC(=O)C1CCN(CC(=O)c2cc(Br)sc2Br)CC1. The third-order valence-electron chi connectivity index (χ3n) is 3.53. The van der Waals surface area contributed by atoms with Crippen LogP contribution in [-0.2, 0) is 4.79 Å². The second-order valence-corrected chi connectivity index (χ2v) is 8.58. The summed E-state index contributed by atoms with van der Waals surface area (Å²) in [5, 5.41) is 2.69. The molecule has 0 bridgehead atoms. The molecule has 0 aliphatic carbocycles. The van der Waals surface area contributed by atoms with Crippen LogP contribution in [0.1, 0.15) is 23.2 Å². The summed E-state index contributed by atoms with van der Waals surface area (Å²) in [5.74, 6) is 0.325. The van der Waals surface area contributed by atoms with Crippen LogP contribution in [0.4, 0.5) is 0 Å². The smallest absolute Gasteiger partial charge is 0.222 e. The number of Topliss-reactive ketones (excluding diaryl/α,β-unsaturated/α-hetero) is 1. The van der Waals surface area contributed by atoms with Crippen molar-refractivity contribution >= 4 is 54.9 Å². The van der Waals surface area contributed by atoms with Gasteiger partial charge < -0.3 is 5.32 Å². The quantitative estimate of drug-likeness (QED) is 0.757. The van der Waals surface area contributed by atoms with E-state index in [1.165, 1.54) is 11.3 Å². The Hall–Kier alpha value is -0.240. The fourth-order valence-electron chi connectivity index (χ4n) is 2.38. The van der Waals surface area contributed by atoms with Crippen molar-refractivity contribution in [1.29, 1.82) is 0 Å². The summed E-state index contributed by atoms with van der Waals surface area (Å²) in [6.07, 6.45) is 1.64. The number of halogens is 2. The van der Waals surface area contributed by atoms with E-state index in [1.54, 1.807) is 7.05 Å². The maximum atomic E-state index is 12.3. The number of rotatable bonds is 4. The van der Waals surface area contributed by atoms with E-state index in [0.717, 1.165) is 39.1 Å². The van der Waals surface area contributed by atoms with Crippen molar-refractivity contribution in [2.24, 2.45) is 5.92 Å². The monoisotopic (exact) mass is 422 g/mol. The second kappa shape index (κ2) is 7.15. The minimum absolute atomic E-state index is 0.0911. The standard InChI is InChI=1S/C13H16Br2N2O2S/c1-16-13(19)8-2-4-17(5-3-8)7-10(18)9-6-11(14)20-12(9)15/h6,8H,2-5,7H2,1H3,(H,16,19). The lowest BCUT2D eigenvalue weighted by molar-refractivity contribution is -0.125. The van der Waals surface area contributed by atoms with E-state index in [2.05, 4.69) is 42.1 Å². The second-order valence-electron chi connectivity index (χ2n) is 4.83. The van der Waals surface area contributed by atoms with Crippen LogP contribution in [0, 0.1) is 5.92 Å². The Morgan fingerprint density at radius 2 is 2.05 bits per heavy atom. The summed E-state index contributed by atoms with van der Waals surface area (Å²) in [5.41, 5.74) is 0.732. The van der Waals surface area contributed by atoms with E-state index in [4.69, 9.17) is 0 Å². The van der Waals surface area contributed by atoms with Crippen molar-refractivity contribution in [2.75, 3.05) is 26.7 Å². The van der Waals surface area contributed by atoms with Gasteiger partial charge in [0.15, 0.2) is 5.78 Å². The van der Waals surface area contributed by atoms with Gasteiger partial charge in [0.25, 0.3) is 0 Å². The molecule has 1 aliphatic heterocycles. The van der Waals surface area contributed by atoms with Crippen molar-refractivity contribution in [3.8, 4) is 0 Å². The number of amides is 1. The van der Waals surface area contributed by atoms with Crippen LogP contribution in [0.15, 0.2) is 13.6 Å². The Balaban J connectivity index is 1.88. The Labute approximate surface area is 139 Å². The van der Waals surface area contributed by atoms with Gasteiger partial charge in [-0.05, 0) is 63.9 Å².